The summed E-state index contributed by atoms with van der Waals surface area (Å²) >= 11 is 0. The van der Waals surface area contributed by atoms with Crippen LogP contribution in [0, 0.1) is 5.92 Å². The molecule has 2 aliphatic rings. The fourth-order valence-electron chi connectivity index (χ4n) is 2.64. The van der Waals surface area contributed by atoms with E-state index in [0.717, 1.165) is 25.9 Å². The highest BCUT2D eigenvalue weighted by Crippen LogP contribution is 2.28. The van der Waals surface area contributed by atoms with Crippen molar-refractivity contribution >= 4 is 5.91 Å². The van der Waals surface area contributed by atoms with Gasteiger partial charge in [-0.25, -0.2) is 0 Å². The van der Waals surface area contributed by atoms with Gasteiger partial charge < -0.3 is 10.0 Å². The zero-order valence-electron chi connectivity index (χ0n) is 11.0. The number of carbonyl (C=O) groups excluding carboxylic acids is 1. The summed E-state index contributed by atoms with van der Waals surface area (Å²) in [4.78, 5) is 16.0. The van der Waals surface area contributed by atoms with E-state index in [-0.39, 0.29) is 11.8 Å². The molecule has 2 fully saturated rings. The lowest BCUT2D eigenvalue weighted by atomic mass is 9.83. The molecule has 0 atom stereocenters. The van der Waals surface area contributed by atoms with Crippen molar-refractivity contribution in [1.82, 2.24) is 9.80 Å². The summed E-state index contributed by atoms with van der Waals surface area (Å²) in [5.41, 5.74) is -0.567. The number of aliphatic hydroxyl groups is 1. The third-order valence-corrected chi connectivity index (χ3v) is 4.14. The van der Waals surface area contributed by atoms with Gasteiger partial charge in [0.05, 0.1) is 12.1 Å². The molecule has 2 saturated heterocycles. The van der Waals surface area contributed by atoms with E-state index in [0.29, 0.717) is 19.6 Å². The first-order valence-corrected chi connectivity index (χ1v) is 6.74. The molecule has 98 valence electrons. The summed E-state index contributed by atoms with van der Waals surface area (Å²) in [6, 6.07) is 0. The van der Waals surface area contributed by atoms with Crippen molar-refractivity contribution in [3.8, 4) is 0 Å². The first-order chi connectivity index (χ1) is 8.01. The van der Waals surface area contributed by atoms with Crippen LogP contribution in [0.15, 0.2) is 0 Å². The van der Waals surface area contributed by atoms with Gasteiger partial charge in [0, 0.05) is 26.2 Å². The molecule has 0 aliphatic carbocycles. The maximum atomic E-state index is 12.0. The van der Waals surface area contributed by atoms with Crippen LogP contribution in [0.3, 0.4) is 0 Å². The smallest absolute Gasteiger partial charge is 0.236 e. The summed E-state index contributed by atoms with van der Waals surface area (Å²) in [6.45, 7) is 7.67. The fraction of sp³-hybridized carbons (Fsp3) is 0.923. The SMILES string of the molecule is CC(C)C1(O)CN(CC(=O)N2CCCCC2)C1. The molecule has 2 rings (SSSR count). The quantitative estimate of drug-likeness (QED) is 0.790. The zero-order chi connectivity index (χ0) is 12.5. The molecule has 0 aromatic rings. The lowest BCUT2D eigenvalue weighted by Crippen LogP contribution is -2.65. The number of rotatable bonds is 3. The molecular formula is C13H24N2O2. The Labute approximate surface area is 104 Å². The van der Waals surface area contributed by atoms with E-state index in [1.54, 1.807) is 0 Å². The van der Waals surface area contributed by atoms with Gasteiger partial charge in [0.25, 0.3) is 0 Å². The molecule has 4 nitrogen and oxygen atoms in total. The van der Waals surface area contributed by atoms with E-state index in [2.05, 4.69) is 4.90 Å². The predicted octanol–water partition coefficient (Wildman–Crippen LogP) is 0.702. The molecule has 2 aliphatic heterocycles. The molecule has 0 unspecified atom stereocenters. The summed E-state index contributed by atoms with van der Waals surface area (Å²) in [5.74, 6) is 0.499. The second kappa shape index (κ2) is 4.94. The average molecular weight is 240 g/mol. The van der Waals surface area contributed by atoms with Crippen molar-refractivity contribution in [3.05, 3.63) is 0 Å². The number of β-amino-alcohol motifs (C(OH)–C–C–N with tert-alkyl or cyclic N) is 1. The number of hydrogen-bond acceptors (Lipinski definition) is 3. The van der Waals surface area contributed by atoms with Gasteiger partial charge in [-0.2, -0.15) is 0 Å². The molecule has 1 amide bonds. The van der Waals surface area contributed by atoms with Gasteiger partial charge in [-0.05, 0) is 25.2 Å². The molecule has 0 aromatic carbocycles. The van der Waals surface area contributed by atoms with E-state index in [1.807, 2.05) is 18.7 Å². The number of nitrogens with zero attached hydrogens (tertiary/aromatic N) is 2. The van der Waals surface area contributed by atoms with Gasteiger partial charge in [0.2, 0.25) is 5.91 Å². The van der Waals surface area contributed by atoms with Crippen LogP contribution in [0.1, 0.15) is 33.1 Å². The average Bonchev–Trinajstić information content (AvgIpc) is 2.27. The molecule has 0 saturated carbocycles. The first-order valence-electron chi connectivity index (χ1n) is 6.74. The van der Waals surface area contributed by atoms with Gasteiger partial charge in [-0.15, -0.1) is 0 Å². The van der Waals surface area contributed by atoms with E-state index in [4.69, 9.17) is 0 Å². The fourth-order valence-corrected chi connectivity index (χ4v) is 2.64. The van der Waals surface area contributed by atoms with E-state index < -0.39 is 5.60 Å². The van der Waals surface area contributed by atoms with Crippen molar-refractivity contribution in [2.75, 3.05) is 32.7 Å². The largest absolute Gasteiger partial charge is 0.387 e. The molecule has 2 heterocycles. The van der Waals surface area contributed by atoms with Crippen LogP contribution >= 0.6 is 0 Å². The minimum absolute atomic E-state index is 0.232. The Bertz CT molecular complexity index is 279. The van der Waals surface area contributed by atoms with Crippen molar-refractivity contribution in [2.45, 2.75) is 38.7 Å². The van der Waals surface area contributed by atoms with Crippen molar-refractivity contribution < 1.29 is 9.90 Å². The molecule has 0 aromatic heterocycles. The zero-order valence-corrected chi connectivity index (χ0v) is 11.0. The van der Waals surface area contributed by atoms with Crippen LogP contribution in [0.4, 0.5) is 0 Å². The lowest BCUT2D eigenvalue weighted by Gasteiger charge is -2.49. The normalized spacial score (nSPS) is 24.8. The number of likely N-dealkylation sites (tertiary alicyclic amines) is 2. The minimum Gasteiger partial charge on any atom is -0.387 e. The summed E-state index contributed by atoms with van der Waals surface area (Å²) in [5, 5.41) is 10.1. The first kappa shape index (κ1) is 12.8. The third-order valence-electron chi connectivity index (χ3n) is 4.14. The Hall–Kier alpha value is -0.610. The third kappa shape index (κ3) is 2.80. The summed E-state index contributed by atoms with van der Waals surface area (Å²) < 4.78 is 0. The Kier molecular flexibility index (Phi) is 3.73. The Morgan fingerprint density at radius 3 is 2.35 bits per heavy atom. The molecule has 0 spiro atoms. The van der Waals surface area contributed by atoms with E-state index in [1.165, 1.54) is 6.42 Å². The number of piperidine rings is 1. The lowest BCUT2D eigenvalue weighted by molar-refractivity contribution is -0.149. The van der Waals surface area contributed by atoms with Crippen molar-refractivity contribution in [1.29, 1.82) is 0 Å². The molecular weight excluding hydrogens is 216 g/mol. The van der Waals surface area contributed by atoms with Crippen LogP contribution in [0.2, 0.25) is 0 Å². The minimum atomic E-state index is -0.567. The Morgan fingerprint density at radius 1 is 1.24 bits per heavy atom. The summed E-state index contributed by atoms with van der Waals surface area (Å²) in [7, 11) is 0. The monoisotopic (exact) mass is 240 g/mol. The highest BCUT2D eigenvalue weighted by Gasteiger charge is 2.44. The van der Waals surface area contributed by atoms with Crippen LogP contribution in [-0.4, -0.2) is 59.1 Å². The number of amides is 1. The van der Waals surface area contributed by atoms with E-state index in [9.17, 15) is 9.90 Å². The van der Waals surface area contributed by atoms with Crippen LogP contribution in [-0.2, 0) is 4.79 Å². The standard InChI is InChI=1S/C13H24N2O2/c1-11(2)13(17)9-14(10-13)8-12(16)15-6-4-3-5-7-15/h11,17H,3-10H2,1-2H3. The summed E-state index contributed by atoms with van der Waals surface area (Å²) in [6.07, 6.45) is 3.53. The van der Waals surface area contributed by atoms with Crippen LogP contribution in [0.25, 0.3) is 0 Å². The van der Waals surface area contributed by atoms with Gasteiger partial charge >= 0.3 is 0 Å². The van der Waals surface area contributed by atoms with Crippen LogP contribution < -0.4 is 0 Å². The molecule has 4 heteroatoms. The van der Waals surface area contributed by atoms with Gasteiger partial charge in [0.1, 0.15) is 0 Å². The van der Waals surface area contributed by atoms with Gasteiger partial charge in [0.15, 0.2) is 0 Å². The molecule has 17 heavy (non-hydrogen) atoms. The number of carbonyl (C=O) groups is 1. The predicted molar refractivity (Wildman–Crippen MR) is 66.7 cm³/mol. The van der Waals surface area contributed by atoms with Gasteiger partial charge in [-0.1, -0.05) is 13.8 Å². The maximum Gasteiger partial charge on any atom is 0.236 e. The highest BCUT2D eigenvalue weighted by atomic mass is 16.3. The van der Waals surface area contributed by atoms with E-state index >= 15 is 0 Å². The second-order valence-electron chi connectivity index (χ2n) is 5.84. The van der Waals surface area contributed by atoms with Gasteiger partial charge in [-0.3, -0.25) is 9.69 Å². The molecule has 0 bridgehead atoms. The van der Waals surface area contributed by atoms with Crippen molar-refractivity contribution in [3.63, 3.8) is 0 Å². The second-order valence-corrected chi connectivity index (χ2v) is 5.84. The Morgan fingerprint density at radius 2 is 1.82 bits per heavy atom. The molecule has 1 N–H and O–H groups in total. The highest BCUT2D eigenvalue weighted by molar-refractivity contribution is 5.78. The number of hydrogen-bond donors (Lipinski definition) is 1. The Balaban J connectivity index is 1.74. The topological polar surface area (TPSA) is 43.8 Å². The molecule has 0 radical (unpaired) electrons. The maximum absolute atomic E-state index is 12.0. The van der Waals surface area contributed by atoms with Crippen molar-refractivity contribution in [2.24, 2.45) is 5.92 Å². The van der Waals surface area contributed by atoms with Crippen LogP contribution in [0.5, 0.6) is 0 Å².